The van der Waals surface area contributed by atoms with Crippen LogP contribution < -0.4 is 5.32 Å². The van der Waals surface area contributed by atoms with Crippen LogP contribution in [0.2, 0.25) is 0 Å². The Bertz CT molecular complexity index is 480. The van der Waals surface area contributed by atoms with Gasteiger partial charge in [0.05, 0.1) is 17.9 Å². The second-order valence-corrected chi connectivity index (χ2v) is 4.54. The minimum atomic E-state index is -0.386. The van der Waals surface area contributed by atoms with Gasteiger partial charge in [-0.2, -0.15) is 0 Å². The number of ether oxygens (including phenoxy) is 1. The number of thiazole rings is 1. The van der Waals surface area contributed by atoms with E-state index in [2.05, 4.69) is 10.3 Å². The van der Waals surface area contributed by atoms with E-state index in [4.69, 9.17) is 4.74 Å². The number of carbonyl (C=O) groups excluding carboxylic acids is 2. The largest absolute Gasteiger partial charge is 0.462 e. The molecule has 1 aromatic heterocycles. The van der Waals surface area contributed by atoms with Crippen LogP contribution in [0.15, 0.2) is 11.5 Å². The van der Waals surface area contributed by atoms with Crippen LogP contribution in [-0.4, -0.2) is 23.5 Å². The summed E-state index contributed by atoms with van der Waals surface area (Å²) in [5.74, 6) is -0.485. The summed E-state index contributed by atoms with van der Waals surface area (Å²) in [5.41, 5.74) is 0.981. The van der Waals surface area contributed by atoms with Crippen LogP contribution in [0.25, 0.3) is 5.57 Å². The van der Waals surface area contributed by atoms with Crippen molar-refractivity contribution in [3.8, 4) is 0 Å². The van der Waals surface area contributed by atoms with E-state index in [1.54, 1.807) is 25.3 Å². The number of nitrogens with one attached hydrogen (secondary N) is 1. The number of aromatic nitrogens is 1. The minimum absolute atomic E-state index is 0.0990. The van der Waals surface area contributed by atoms with Gasteiger partial charge in [0, 0.05) is 11.8 Å². The molecule has 6 heteroatoms. The average molecular weight is 282 g/mol. The van der Waals surface area contributed by atoms with Crippen molar-refractivity contribution >= 4 is 33.9 Å². The maximum absolute atomic E-state index is 11.8. The lowest BCUT2D eigenvalue weighted by Crippen LogP contribution is -2.10. The van der Waals surface area contributed by atoms with Crippen molar-refractivity contribution in [2.45, 2.75) is 33.6 Å². The summed E-state index contributed by atoms with van der Waals surface area (Å²) >= 11 is 1.29. The smallest absolute Gasteiger partial charge is 0.340 e. The van der Waals surface area contributed by atoms with Gasteiger partial charge < -0.3 is 10.1 Å². The maximum atomic E-state index is 11.8. The zero-order valence-corrected chi connectivity index (χ0v) is 12.2. The molecule has 1 aromatic rings. The van der Waals surface area contributed by atoms with E-state index >= 15 is 0 Å². The van der Waals surface area contributed by atoms with Crippen molar-refractivity contribution in [1.82, 2.24) is 4.98 Å². The van der Waals surface area contributed by atoms with E-state index < -0.39 is 0 Å². The number of allylic oxidation sites excluding steroid dienone is 1. The van der Waals surface area contributed by atoms with E-state index in [-0.39, 0.29) is 11.9 Å². The van der Waals surface area contributed by atoms with Gasteiger partial charge in [0.25, 0.3) is 0 Å². The average Bonchev–Trinajstić information content (AvgIpc) is 2.84. The van der Waals surface area contributed by atoms with Crippen LogP contribution in [-0.2, 0) is 14.3 Å². The molecule has 19 heavy (non-hydrogen) atoms. The topological polar surface area (TPSA) is 68.3 Å². The monoisotopic (exact) mass is 282 g/mol. The Morgan fingerprint density at radius 2 is 2.16 bits per heavy atom. The molecule has 0 aliphatic rings. The fourth-order valence-corrected chi connectivity index (χ4v) is 2.09. The fourth-order valence-electron chi connectivity index (χ4n) is 1.37. The molecular weight excluding hydrogens is 264 g/mol. The molecule has 1 heterocycles. The molecular formula is C13H18N2O3S. The lowest BCUT2D eigenvalue weighted by Gasteiger charge is -2.03. The summed E-state index contributed by atoms with van der Waals surface area (Å²) < 4.78 is 4.99. The number of anilines is 1. The second-order valence-electron chi connectivity index (χ2n) is 3.69. The Labute approximate surface area is 116 Å². The van der Waals surface area contributed by atoms with Crippen LogP contribution in [0.1, 0.15) is 39.3 Å². The maximum Gasteiger partial charge on any atom is 0.340 e. The van der Waals surface area contributed by atoms with Crippen LogP contribution in [0.4, 0.5) is 5.13 Å². The number of amides is 1. The zero-order valence-electron chi connectivity index (χ0n) is 11.4. The van der Waals surface area contributed by atoms with Crippen molar-refractivity contribution in [3.05, 3.63) is 17.2 Å². The normalized spacial score (nSPS) is 11.2. The van der Waals surface area contributed by atoms with E-state index in [0.717, 1.165) is 0 Å². The van der Waals surface area contributed by atoms with Crippen molar-refractivity contribution in [3.63, 3.8) is 0 Å². The lowest BCUT2D eigenvalue weighted by atomic mass is 10.2. The molecule has 0 saturated carbocycles. The third-order valence-electron chi connectivity index (χ3n) is 2.25. The van der Waals surface area contributed by atoms with Crippen molar-refractivity contribution in [2.75, 3.05) is 11.9 Å². The van der Waals surface area contributed by atoms with Gasteiger partial charge in [-0.25, -0.2) is 9.78 Å². The molecule has 1 amide bonds. The number of rotatable bonds is 6. The Morgan fingerprint density at radius 1 is 1.42 bits per heavy atom. The Morgan fingerprint density at radius 3 is 2.74 bits per heavy atom. The molecule has 0 aromatic carbocycles. The highest BCUT2D eigenvalue weighted by Gasteiger charge is 2.16. The third kappa shape index (κ3) is 4.48. The quantitative estimate of drug-likeness (QED) is 0.643. The third-order valence-corrected chi connectivity index (χ3v) is 3.01. The number of esters is 1. The second kappa shape index (κ2) is 7.68. The van der Waals surface area contributed by atoms with Crippen molar-refractivity contribution in [2.24, 2.45) is 0 Å². The molecule has 5 nitrogen and oxygen atoms in total. The fraction of sp³-hybridized carbons (Fsp3) is 0.462. The van der Waals surface area contributed by atoms with Gasteiger partial charge in [0.1, 0.15) is 0 Å². The summed E-state index contributed by atoms with van der Waals surface area (Å²) in [4.78, 5) is 27.3. The first-order valence-corrected chi connectivity index (χ1v) is 7.13. The molecule has 104 valence electrons. The standard InChI is InChI=1S/C13H18N2O3S/c1-4-7-9(12(17)18-6-3)10-8-19-13(14-10)15-11(16)5-2/h7-8H,4-6H2,1-3H3,(H,14,15,16)/b9-7+. The Balaban J connectivity index is 2.90. The molecule has 0 aliphatic carbocycles. The summed E-state index contributed by atoms with van der Waals surface area (Å²) in [6.45, 7) is 5.79. The predicted octanol–water partition coefficient (Wildman–Crippen LogP) is 2.85. The Hall–Kier alpha value is -1.69. The Kier molecular flexibility index (Phi) is 6.21. The highest BCUT2D eigenvalue weighted by atomic mass is 32.1. The molecule has 0 atom stereocenters. The molecule has 0 unspecified atom stereocenters. The van der Waals surface area contributed by atoms with Gasteiger partial charge in [0.15, 0.2) is 5.13 Å². The van der Waals surface area contributed by atoms with Gasteiger partial charge in [0.2, 0.25) is 5.91 Å². The number of hydrogen-bond donors (Lipinski definition) is 1. The van der Waals surface area contributed by atoms with Gasteiger partial charge >= 0.3 is 5.97 Å². The number of hydrogen-bond acceptors (Lipinski definition) is 5. The SMILES string of the molecule is CC/C=C(/C(=O)OCC)c1csc(NC(=O)CC)n1. The van der Waals surface area contributed by atoms with E-state index in [1.807, 2.05) is 6.92 Å². The summed E-state index contributed by atoms with van der Waals surface area (Å²) in [6.07, 6.45) is 2.88. The minimum Gasteiger partial charge on any atom is -0.462 e. The molecule has 1 N–H and O–H groups in total. The van der Waals surface area contributed by atoms with Crippen LogP contribution in [0.3, 0.4) is 0 Å². The number of carbonyl (C=O) groups is 2. The van der Waals surface area contributed by atoms with Crippen molar-refractivity contribution < 1.29 is 14.3 Å². The van der Waals surface area contributed by atoms with Gasteiger partial charge in [-0.15, -0.1) is 11.3 Å². The summed E-state index contributed by atoms with van der Waals surface area (Å²) in [7, 11) is 0. The highest BCUT2D eigenvalue weighted by molar-refractivity contribution is 7.14. The van der Waals surface area contributed by atoms with Crippen LogP contribution in [0, 0.1) is 0 Å². The summed E-state index contributed by atoms with van der Waals surface area (Å²) in [5, 5.41) is 4.90. The number of nitrogens with zero attached hydrogens (tertiary/aromatic N) is 1. The molecule has 0 spiro atoms. The highest BCUT2D eigenvalue weighted by Crippen LogP contribution is 2.23. The van der Waals surface area contributed by atoms with E-state index in [0.29, 0.717) is 35.8 Å². The molecule has 0 bridgehead atoms. The van der Waals surface area contributed by atoms with E-state index in [1.165, 1.54) is 11.3 Å². The first kappa shape index (κ1) is 15.4. The first-order valence-electron chi connectivity index (χ1n) is 6.25. The first-order chi connectivity index (χ1) is 9.12. The molecule has 0 radical (unpaired) electrons. The van der Waals surface area contributed by atoms with Gasteiger partial charge in [-0.1, -0.05) is 19.9 Å². The molecule has 0 saturated heterocycles. The van der Waals surface area contributed by atoms with E-state index in [9.17, 15) is 9.59 Å². The van der Waals surface area contributed by atoms with Crippen molar-refractivity contribution in [1.29, 1.82) is 0 Å². The van der Waals surface area contributed by atoms with Gasteiger partial charge in [-0.05, 0) is 13.3 Å². The molecule has 0 aliphatic heterocycles. The molecule has 0 fully saturated rings. The van der Waals surface area contributed by atoms with Crippen LogP contribution >= 0.6 is 11.3 Å². The predicted molar refractivity (Wildman–Crippen MR) is 75.9 cm³/mol. The zero-order chi connectivity index (χ0) is 14.3. The lowest BCUT2D eigenvalue weighted by molar-refractivity contribution is -0.136. The van der Waals surface area contributed by atoms with Gasteiger partial charge in [-0.3, -0.25) is 4.79 Å². The summed E-state index contributed by atoms with van der Waals surface area (Å²) in [6, 6.07) is 0. The molecule has 1 rings (SSSR count). The van der Waals surface area contributed by atoms with Crippen LogP contribution in [0.5, 0.6) is 0 Å².